The van der Waals surface area contributed by atoms with Crippen molar-refractivity contribution in [3.8, 4) is 17.2 Å². The van der Waals surface area contributed by atoms with E-state index in [9.17, 15) is 13.2 Å². The van der Waals surface area contributed by atoms with Crippen LogP contribution in [-0.2, 0) is 14.8 Å². The molecule has 0 saturated heterocycles. The zero-order chi connectivity index (χ0) is 24.8. The highest BCUT2D eigenvalue weighted by atomic mass is 32.2. The molecule has 0 unspecified atom stereocenters. The van der Waals surface area contributed by atoms with Crippen molar-refractivity contribution >= 4 is 21.6 Å². The van der Waals surface area contributed by atoms with Gasteiger partial charge in [0.15, 0.2) is 18.1 Å². The summed E-state index contributed by atoms with van der Waals surface area (Å²) in [5.74, 6) is 1.45. The smallest absolute Gasteiger partial charge is 0.264 e. The second-order valence-electron chi connectivity index (χ2n) is 7.96. The standard InChI is InChI=1S/C26H28N2O6S/c1-3-28(21-7-5-4-6-8-21)35(30,31)23-12-10-22(11-13-23)34-18-26(29)27-19(2)20-9-14-24-25(17-20)33-16-15-32-24/h4-14,17,19H,3,15-16,18H2,1-2H3,(H,27,29)/t19-/m1/s1. The van der Waals surface area contributed by atoms with E-state index >= 15 is 0 Å². The topological polar surface area (TPSA) is 94.2 Å². The van der Waals surface area contributed by atoms with Crippen molar-refractivity contribution in [3.63, 3.8) is 0 Å². The van der Waals surface area contributed by atoms with Crippen LogP contribution in [0.5, 0.6) is 17.2 Å². The van der Waals surface area contributed by atoms with Crippen molar-refractivity contribution in [2.24, 2.45) is 0 Å². The molecule has 0 spiro atoms. The number of hydrogen-bond acceptors (Lipinski definition) is 6. The van der Waals surface area contributed by atoms with Crippen LogP contribution in [0.25, 0.3) is 0 Å². The average Bonchev–Trinajstić information content (AvgIpc) is 2.88. The summed E-state index contributed by atoms with van der Waals surface area (Å²) in [6, 6.07) is 20.3. The number of sulfonamides is 1. The van der Waals surface area contributed by atoms with Crippen LogP contribution in [0.1, 0.15) is 25.5 Å². The Hall–Kier alpha value is -3.72. The van der Waals surface area contributed by atoms with E-state index in [1.54, 1.807) is 43.3 Å². The van der Waals surface area contributed by atoms with E-state index in [1.165, 1.54) is 16.4 Å². The molecule has 35 heavy (non-hydrogen) atoms. The second-order valence-corrected chi connectivity index (χ2v) is 9.82. The van der Waals surface area contributed by atoms with Gasteiger partial charge in [-0.1, -0.05) is 24.3 Å². The Morgan fingerprint density at radius 3 is 2.37 bits per heavy atom. The molecule has 1 N–H and O–H groups in total. The minimum absolute atomic E-state index is 0.146. The van der Waals surface area contributed by atoms with Gasteiger partial charge in [0.25, 0.3) is 15.9 Å². The lowest BCUT2D eigenvalue weighted by Crippen LogP contribution is -2.31. The molecule has 8 nitrogen and oxygen atoms in total. The third-order valence-corrected chi connectivity index (χ3v) is 7.47. The Morgan fingerprint density at radius 1 is 1.00 bits per heavy atom. The van der Waals surface area contributed by atoms with Gasteiger partial charge in [-0.25, -0.2) is 8.42 Å². The van der Waals surface area contributed by atoms with Gasteiger partial charge in [0, 0.05) is 6.54 Å². The lowest BCUT2D eigenvalue weighted by Gasteiger charge is -2.23. The van der Waals surface area contributed by atoms with Gasteiger partial charge in [-0.05, 0) is 67.9 Å². The average molecular weight is 497 g/mol. The molecule has 184 valence electrons. The zero-order valence-electron chi connectivity index (χ0n) is 19.6. The first kappa shape index (κ1) is 24.4. The first-order valence-corrected chi connectivity index (χ1v) is 12.8. The number of carbonyl (C=O) groups excluding carboxylic acids is 1. The lowest BCUT2D eigenvalue weighted by atomic mass is 10.1. The molecule has 0 bridgehead atoms. The maximum atomic E-state index is 13.1. The monoisotopic (exact) mass is 496 g/mol. The van der Waals surface area contributed by atoms with Gasteiger partial charge < -0.3 is 19.5 Å². The van der Waals surface area contributed by atoms with E-state index in [4.69, 9.17) is 14.2 Å². The molecule has 0 saturated carbocycles. The predicted octanol–water partition coefficient (Wildman–Crippen LogP) is 3.93. The van der Waals surface area contributed by atoms with Crippen LogP contribution < -0.4 is 23.8 Å². The largest absolute Gasteiger partial charge is 0.486 e. The van der Waals surface area contributed by atoms with Crippen LogP contribution in [0, 0.1) is 0 Å². The Bertz CT molecular complexity index is 1260. The van der Waals surface area contributed by atoms with Gasteiger partial charge in [-0.2, -0.15) is 0 Å². The van der Waals surface area contributed by atoms with Gasteiger partial charge >= 0.3 is 0 Å². The Morgan fingerprint density at radius 2 is 1.69 bits per heavy atom. The highest BCUT2D eigenvalue weighted by molar-refractivity contribution is 7.92. The van der Waals surface area contributed by atoms with E-state index in [0.29, 0.717) is 42.7 Å². The number of carbonyl (C=O) groups is 1. The molecular formula is C26H28N2O6S. The summed E-state index contributed by atoms with van der Waals surface area (Å²) in [5.41, 5.74) is 1.48. The summed E-state index contributed by atoms with van der Waals surface area (Å²) >= 11 is 0. The summed E-state index contributed by atoms with van der Waals surface area (Å²) < 4.78 is 44.2. The molecule has 3 aromatic carbocycles. The minimum atomic E-state index is -3.73. The fourth-order valence-corrected chi connectivity index (χ4v) is 5.24. The first-order chi connectivity index (χ1) is 16.9. The SMILES string of the molecule is CCN(c1ccccc1)S(=O)(=O)c1ccc(OCC(=O)N[C@H](C)c2ccc3c(c2)OCCO3)cc1. The molecule has 1 amide bonds. The number of nitrogens with zero attached hydrogens (tertiary/aromatic N) is 1. The first-order valence-electron chi connectivity index (χ1n) is 11.4. The molecule has 0 aliphatic carbocycles. The maximum Gasteiger partial charge on any atom is 0.264 e. The van der Waals surface area contributed by atoms with Crippen molar-refractivity contribution in [2.75, 3.05) is 30.7 Å². The van der Waals surface area contributed by atoms with E-state index in [2.05, 4.69) is 5.32 Å². The molecule has 0 aromatic heterocycles. The Balaban J connectivity index is 1.34. The van der Waals surface area contributed by atoms with Crippen LogP contribution in [0.15, 0.2) is 77.7 Å². The summed E-state index contributed by atoms with van der Waals surface area (Å²) in [6.07, 6.45) is 0. The van der Waals surface area contributed by atoms with E-state index in [1.807, 2.05) is 31.2 Å². The number of benzene rings is 3. The molecule has 3 aromatic rings. The number of ether oxygens (including phenoxy) is 3. The third-order valence-electron chi connectivity index (χ3n) is 5.56. The van der Waals surface area contributed by atoms with Gasteiger partial charge in [-0.3, -0.25) is 9.10 Å². The quantitative estimate of drug-likeness (QED) is 0.483. The van der Waals surface area contributed by atoms with Crippen LogP contribution in [0.2, 0.25) is 0 Å². The molecule has 1 heterocycles. The van der Waals surface area contributed by atoms with Crippen LogP contribution in [0.4, 0.5) is 5.69 Å². The molecular weight excluding hydrogens is 468 g/mol. The van der Waals surface area contributed by atoms with E-state index in [-0.39, 0.29) is 23.5 Å². The highest BCUT2D eigenvalue weighted by Gasteiger charge is 2.23. The van der Waals surface area contributed by atoms with Crippen molar-refractivity contribution in [1.29, 1.82) is 0 Å². The van der Waals surface area contributed by atoms with Gasteiger partial charge in [-0.15, -0.1) is 0 Å². The van der Waals surface area contributed by atoms with Crippen LogP contribution in [0.3, 0.4) is 0 Å². The summed E-state index contributed by atoms with van der Waals surface area (Å²) in [6.45, 7) is 4.76. The fraction of sp³-hybridized carbons (Fsp3) is 0.269. The fourth-order valence-electron chi connectivity index (χ4n) is 3.77. The molecule has 4 rings (SSSR count). The minimum Gasteiger partial charge on any atom is -0.486 e. The summed E-state index contributed by atoms with van der Waals surface area (Å²) in [4.78, 5) is 12.6. The molecule has 0 fully saturated rings. The molecule has 1 aliphatic heterocycles. The number of para-hydroxylation sites is 1. The lowest BCUT2D eigenvalue weighted by molar-refractivity contribution is -0.123. The van der Waals surface area contributed by atoms with Crippen LogP contribution >= 0.6 is 0 Å². The van der Waals surface area contributed by atoms with Crippen molar-refractivity contribution in [1.82, 2.24) is 5.32 Å². The van der Waals surface area contributed by atoms with Crippen molar-refractivity contribution in [3.05, 3.63) is 78.4 Å². The predicted molar refractivity (Wildman–Crippen MR) is 133 cm³/mol. The molecule has 0 radical (unpaired) electrons. The number of anilines is 1. The zero-order valence-corrected chi connectivity index (χ0v) is 20.5. The van der Waals surface area contributed by atoms with Crippen molar-refractivity contribution < 1.29 is 27.4 Å². The number of fused-ring (bicyclic) bond motifs is 1. The summed E-state index contributed by atoms with van der Waals surface area (Å²) in [7, 11) is -3.73. The van der Waals surface area contributed by atoms with Crippen molar-refractivity contribution in [2.45, 2.75) is 24.8 Å². The Kier molecular flexibility index (Phi) is 7.45. The molecule has 9 heteroatoms. The van der Waals surface area contributed by atoms with Gasteiger partial charge in [0.1, 0.15) is 19.0 Å². The summed E-state index contributed by atoms with van der Waals surface area (Å²) in [5, 5.41) is 2.89. The molecule has 1 aliphatic rings. The molecule has 1 atom stereocenters. The van der Waals surface area contributed by atoms with Gasteiger partial charge in [0.05, 0.1) is 16.6 Å². The maximum absolute atomic E-state index is 13.1. The number of rotatable bonds is 9. The van der Waals surface area contributed by atoms with Gasteiger partial charge in [0.2, 0.25) is 0 Å². The number of hydrogen-bond donors (Lipinski definition) is 1. The number of nitrogens with one attached hydrogen (secondary N) is 1. The second kappa shape index (κ2) is 10.7. The van der Waals surface area contributed by atoms with Crippen LogP contribution in [-0.4, -0.2) is 40.7 Å². The number of amides is 1. The van der Waals surface area contributed by atoms with E-state index in [0.717, 1.165) is 5.56 Å². The third kappa shape index (κ3) is 5.68. The Labute approximate surface area is 205 Å². The normalized spacial score (nSPS) is 13.5. The van der Waals surface area contributed by atoms with E-state index < -0.39 is 10.0 Å². The highest BCUT2D eigenvalue weighted by Crippen LogP contribution is 2.32.